The number of hydrogen-bond acceptors (Lipinski definition) is 4. The van der Waals surface area contributed by atoms with E-state index < -0.39 is 5.82 Å². The Hall–Kier alpha value is -2.86. The average Bonchev–Trinajstić information content (AvgIpc) is 3.02. The number of amides is 1. The van der Waals surface area contributed by atoms with Crippen LogP contribution in [0.25, 0.3) is 5.57 Å². The Morgan fingerprint density at radius 2 is 1.97 bits per heavy atom. The predicted molar refractivity (Wildman–Crippen MR) is 119 cm³/mol. The molecule has 1 atom stereocenters. The number of anilines is 3. The normalized spacial score (nSPS) is 15.4. The van der Waals surface area contributed by atoms with E-state index in [-0.39, 0.29) is 5.91 Å². The summed E-state index contributed by atoms with van der Waals surface area (Å²) in [5.41, 5.74) is 4.13. The number of likely N-dealkylation sites (N-methyl/N-ethyl adjacent to an activating group) is 1. The van der Waals surface area contributed by atoms with Gasteiger partial charge in [-0.25, -0.2) is 4.39 Å². The maximum absolute atomic E-state index is 14.1. The van der Waals surface area contributed by atoms with Gasteiger partial charge in [-0.2, -0.15) is 0 Å². The summed E-state index contributed by atoms with van der Waals surface area (Å²) < 4.78 is 14.1. The second kappa shape index (κ2) is 9.09. The minimum atomic E-state index is -0.410. The van der Waals surface area contributed by atoms with E-state index in [1.54, 1.807) is 18.3 Å². The minimum Gasteiger partial charge on any atom is -0.381 e. The molecule has 1 aliphatic heterocycles. The fourth-order valence-corrected chi connectivity index (χ4v) is 3.59. The van der Waals surface area contributed by atoms with Crippen molar-refractivity contribution in [2.24, 2.45) is 0 Å². The molecule has 0 saturated carbocycles. The summed E-state index contributed by atoms with van der Waals surface area (Å²) >= 11 is 0. The van der Waals surface area contributed by atoms with E-state index in [0.717, 1.165) is 36.6 Å². The molecule has 2 aromatic carbocycles. The summed E-state index contributed by atoms with van der Waals surface area (Å²) in [6.07, 6.45) is 1.56. The highest BCUT2D eigenvalue weighted by Gasteiger charge is 2.27. The average molecular weight is 397 g/mol. The van der Waals surface area contributed by atoms with Gasteiger partial charge in [0, 0.05) is 35.7 Å². The van der Waals surface area contributed by atoms with Crippen molar-refractivity contribution in [1.29, 1.82) is 0 Å². The first-order chi connectivity index (χ1) is 13.9. The summed E-state index contributed by atoms with van der Waals surface area (Å²) in [4.78, 5) is 14.6. The monoisotopic (exact) mass is 396 g/mol. The van der Waals surface area contributed by atoms with Gasteiger partial charge >= 0.3 is 0 Å². The minimum absolute atomic E-state index is 0.297. The third kappa shape index (κ3) is 4.77. The Morgan fingerprint density at radius 1 is 1.21 bits per heavy atom. The molecule has 1 aliphatic rings. The molecule has 1 heterocycles. The van der Waals surface area contributed by atoms with Gasteiger partial charge in [-0.1, -0.05) is 19.9 Å². The van der Waals surface area contributed by atoms with E-state index in [0.29, 0.717) is 22.9 Å². The zero-order valence-corrected chi connectivity index (χ0v) is 17.5. The van der Waals surface area contributed by atoms with Gasteiger partial charge < -0.3 is 20.9 Å². The van der Waals surface area contributed by atoms with Crippen LogP contribution in [0.4, 0.5) is 21.5 Å². The molecule has 3 N–H and O–H groups in total. The van der Waals surface area contributed by atoms with Crippen LogP contribution in [0, 0.1) is 12.7 Å². The van der Waals surface area contributed by atoms with Crippen molar-refractivity contribution in [1.82, 2.24) is 4.90 Å². The number of fused-ring (bicyclic) bond motifs is 1. The summed E-state index contributed by atoms with van der Waals surface area (Å²) in [6, 6.07) is 11.0. The molecule has 0 aromatic heterocycles. The van der Waals surface area contributed by atoms with Crippen LogP contribution in [0.5, 0.6) is 0 Å². The first-order valence-electron chi connectivity index (χ1n) is 10.1. The van der Waals surface area contributed by atoms with Gasteiger partial charge in [-0.3, -0.25) is 4.79 Å². The lowest BCUT2D eigenvalue weighted by atomic mass is 10.1. The maximum Gasteiger partial charge on any atom is 0.257 e. The van der Waals surface area contributed by atoms with Crippen molar-refractivity contribution in [2.45, 2.75) is 33.7 Å². The van der Waals surface area contributed by atoms with E-state index in [1.165, 1.54) is 6.07 Å². The van der Waals surface area contributed by atoms with E-state index >= 15 is 0 Å². The smallest absolute Gasteiger partial charge is 0.257 e. The Kier molecular flexibility index (Phi) is 6.54. The van der Waals surface area contributed by atoms with Crippen molar-refractivity contribution < 1.29 is 9.18 Å². The molecule has 1 unspecified atom stereocenters. The Balaban J connectivity index is 1.70. The standard InChI is InChI=1S/C23H29FN4O/c1-5-28(6-2)14-16(4)26-20-11-10-17(12-15(20)3)25-13-18-22-19(24)8-7-9-21(22)27-23(18)29/h7-13,16,25-26H,5-6,14H2,1-4H3,(H,27,29)/b18-13+. The topological polar surface area (TPSA) is 56.4 Å². The summed E-state index contributed by atoms with van der Waals surface area (Å²) in [5, 5.41) is 9.38. The largest absolute Gasteiger partial charge is 0.381 e. The number of benzene rings is 2. The summed E-state index contributed by atoms with van der Waals surface area (Å²) in [7, 11) is 0. The zero-order chi connectivity index (χ0) is 21.0. The zero-order valence-electron chi connectivity index (χ0n) is 17.5. The Morgan fingerprint density at radius 3 is 2.66 bits per heavy atom. The van der Waals surface area contributed by atoms with Crippen LogP contribution in [0.15, 0.2) is 42.6 Å². The van der Waals surface area contributed by atoms with Gasteiger partial charge in [0.2, 0.25) is 0 Å². The number of hydrogen-bond donors (Lipinski definition) is 3. The molecule has 6 heteroatoms. The molecule has 0 fully saturated rings. The van der Waals surface area contributed by atoms with Crippen LogP contribution in [0.1, 0.15) is 31.9 Å². The van der Waals surface area contributed by atoms with Gasteiger partial charge in [0.25, 0.3) is 5.91 Å². The maximum atomic E-state index is 14.1. The number of carbonyl (C=O) groups excluding carboxylic acids is 1. The van der Waals surface area contributed by atoms with Crippen molar-refractivity contribution in [3.63, 3.8) is 0 Å². The molecule has 1 amide bonds. The molecular formula is C23H29FN4O. The number of nitrogens with one attached hydrogen (secondary N) is 3. The lowest BCUT2D eigenvalue weighted by Gasteiger charge is -2.25. The lowest BCUT2D eigenvalue weighted by molar-refractivity contribution is -0.110. The highest BCUT2D eigenvalue weighted by atomic mass is 19.1. The van der Waals surface area contributed by atoms with Crippen molar-refractivity contribution in [2.75, 3.05) is 35.6 Å². The molecule has 5 nitrogen and oxygen atoms in total. The molecule has 0 radical (unpaired) electrons. The van der Waals surface area contributed by atoms with Gasteiger partial charge in [-0.05, 0) is 62.8 Å². The molecule has 154 valence electrons. The van der Waals surface area contributed by atoms with E-state index in [2.05, 4.69) is 41.6 Å². The molecule has 0 aliphatic carbocycles. The van der Waals surface area contributed by atoms with Crippen molar-refractivity contribution >= 4 is 28.5 Å². The highest BCUT2D eigenvalue weighted by Crippen LogP contribution is 2.33. The third-order valence-corrected chi connectivity index (χ3v) is 5.21. The molecule has 2 aromatic rings. The summed E-state index contributed by atoms with van der Waals surface area (Å²) in [5.74, 6) is -0.718. The molecule has 0 saturated heterocycles. The van der Waals surface area contributed by atoms with Gasteiger partial charge in [0.05, 0.1) is 11.3 Å². The Labute approximate surface area is 172 Å². The van der Waals surface area contributed by atoms with Gasteiger partial charge in [-0.15, -0.1) is 0 Å². The van der Waals surface area contributed by atoms with Crippen LogP contribution in [0.3, 0.4) is 0 Å². The van der Waals surface area contributed by atoms with Crippen LogP contribution in [-0.4, -0.2) is 36.5 Å². The third-order valence-electron chi connectivity index (χ3n) is 5.21. The summed E-state index contributed by atoms with van der Waals surface area (Å²) in [6.45, 7) is 11.6. The van der Waals surface area contributed by atoms with Crippen LogP contribution >= 0.6 is 0 Å². The molecule has 29 heavy (non-hydrogen) atoms. The van der Waals surface area contributed by atoms with Gasteiger partial charge in [0.15, 0.2) is 0 Å². The van der Waals surface area contributed by atoms with Crippen molar-refractivity contribution in [3.8, 4) is 0 Å². The number of aryl methyl sites for hydroxylation is 1. The van der Waals surface area contributed by atoms with E-state index in [1.807, 2.05) is 25.1 Å². The fraction of sp³-hybridized carbons (Fsp3) is 0.348. The van der Waals surface area contributed by atoms with Gasteiger partial charge in [0.1, 0.15) is 5.82 Å². The van der Waals surface area contributed by atoms with Crippen LogP contribution in [-0.2, 0) is 4.79 Å². The SMILES string of the molecule is CCN(CC)CC(C)Nc1ccc(N/C=C2/C(=O)Nc3cccc(F)c32)cc1C. The fourth-order valence-electron chi connectivity index (χ4n) is 3.59. The predicted octanol–water partition coefficient (Wildman–Crippen LogP) is 4.68. The first kappa shape index (κ1) is 20.9. The van der Waals surface area contributed by atoms with E-state index in [4.69, 9.17) is 0 Å². The molecule has 3 rings (SSSR count). The second-order valence-electron chi connectivity index (χ2n) is 7.38. The highest BCUT2D eigenvalue weighted by molar-refractivity contribution is 6.31. The number of rotatable bonds is 8. The number of halogens is 1. The number of carbonyl (C=O) groups is 1. The molecule has 0 spiro atoms. The Bertz CT molecular complexity index is 921. The number of nitrogens with zero attached hydrogens (tertiary/aromatic N) is 1. The lowest BCUT2D eigenvalue weighted by Crippen LogP contribution is -2.34. The first-order valence-corrected chi connectivity index (χ1v) is 10.1. The van der Waals surface area contributed by atoms with Crippen LogP contribution in [0.2, 0.25) is 0 Å². The second-order valence-corrected chi connectivity index (χ2v) is 7.38. The van der Waals surface area contributed by atoms with Crippen LogP contribution < -0.4 is 16.0 Å². The quantitative estimate of drug-likeness (QED) is 0.567. The molecule has 0 bridgehead atoms. The molecular weight excluding hydrogens is 367 g/mol. The van der Waals surface area contributed by atoms with Crippen molar-refractivity contribution in [3.05, 3.63) is 59.5 Å². The van der Waals surface area contributed by atoms with E-state index in [9.17, 15) is 9.18 Å².